The lowest BCUT2D eigenvalue weighted by molar-refractivity contribution is 0.232. The topological polar surface area (TPSA) is 29.9 Å². The zero-order valence-electron chi connectivity index (χ0n) is 12.2. The van der Waals surface area contributed by atoms with Gasteiger partial charge >= 0.3 is 0 Å². The molecule has 3 heteroatoms. The highest BCUT2D eigenvalue weighted by atomic mass is 15.3. The molecule has 1 heterocycles. The molecule has 18 heavy (non-hydrogen) atoms. The number of hydrogen-bond acceptors (Lipinski definition) is 2. The monoisotopic (exact) mass is 249 g/mol. The van der Waals surface area contributed by atoms with Crippen molar-refractivity contribution < 1.29 is 0 Å². The number of aromatic nitrogens is 2. The first-order valence-electron chi connectivity index (χ1n) is 7.35. The molecule has 2 rings (SSSR count). The third-order valence-electron chi connectivity index (χ3n) is 4.34. The summed E-state index contributed by atoms with van der Waals surface area (Å²) in [5.74, 6) is 1.70. The lowest BCUT2D eigenvalue weighted by Gasteiger charge is -2.33. The van der Waals surface area contributed by atoms with Gasteiger partial charge in [0.1, 0.15) is 0 Å². The van der Waals surface area contributed by atoms with Crippen molar-refractivity contribution in [3.8, 4) is 0 Å². The zero-order valence-corrected chi connectivity index (χ0v) is 12.2. The summed E-state index contributed by atoms with van der Waals surface area (Å²) in [6, 6.07) is 0.496. The van der Waals surface area contributed by atoms with Crippen molar-refractivity contribution in [3.05, 3.63) is 17.5 Å². The smallest absolute Gasteiger partial charge is 0.0641 e. The number of rotatable bonds is 4. The van der Waals surface area contributed by atoms with Gasteiger partial charge in [-0.3, -0.25) is 4.68 Å². The van der Waals surface area contributed by atoms with E-state index < -0.39 is 0 Å². The van der Waals surface area contributed by atoms with Gasteiger partial charge in [0.15, 0.2) is 0 Å². The first-order valence-corrected chi connectivity index (χ1v) is 7.35. The molecule has 1 aromatic heterocycles. The van der Waals surface area contributed by atoms with Crippen LogP contribution in [0.5, 0.6) is 0 Å². The number of nitrogens with one attached hydrogen (secondary N) is 1. The highest BCUT2D eigenvalue weighted by Crippen LogP contribution is 2.37. The Morgan fingerprint density at radius 3 is 2.56 bits per heavy atom. The van der Waals surface area contributed by atoms with Crippen LogP contribution in [0.25, 0.3) is 0 Å². The minimum Gasteiger partial charge on any atom is -0.310 e. The Hall–Kier alpha value is -0.830. The van der Waals surface area contributed by atoms with Crippen molar-refractivity contribution in [2.75, 3.05) is 6.54 Å². The van der Waals surface area contributed by atoms with Gasteiger partial charge < -0.3 is 5.32 Å². The quantitative estimate of drug-likeness (QED) is 0.888. The Bertz CT molecular complexity index is 375. The summed E-state index contributed by atoms with van der Waals surface area (Å²) in [6.07, 6.45) is 7.67. The summed E-state index contributed by atoms with van der Waals surface area (Å²) in [4.78, 5) is 0. The highest BCUT2D eigenvalue weighted by molar-refractivity contribution is 5.21. The first kappa shape index (κ1) is 13.6. The third kappa shape index (κ3) is 2.94. The van der Waals surface area contributed by atoms with E-state index in [2.05, 4.69) is 37.4 Å². The second-order valence-corrected chi connectivity index (χ2v) is 5.90. The van der Waals surface area contributed by atoms with E-state index in [0.29, 0.717) is 6.04 Å². The molecule has 1 aliphatic carbocycles. The molecule has 102 valence electrons. The van der Waals surface area contributed by atoms with Gasteiger partial charge in [0, 0.05) is 24.8 Å². The molecule has 0 spiro atoms. The molecule has 1 aliphatic rings. The Morgan fingerprint density at radius 1 is 1.39 bits per heavy atom. The molecule has 0 radical (unpaired) electrons. The van der Waals surface area contributed by atoms with Gasteiger partial charge in [0.2, 0.25) is 0 Å². The van der Waals surface area contributed by atoms with Crippen LogP contribution in [0.4, 0.5) is 0 Å². The van der Waals surface area contributed by atoms with E-state index in [1.807, 2.05) is 11.7 Å². The number of hydrogen-bond donors (Lipinski definition) is 1. The normalized spacial score (nSPS) is 26.2. The molecule has 0 aliphatic heterocycles. The summed E-state index contributed by atoms with van der Waals surface area (Å²) in [5, 5.41) is 8.18. The van der Waals surface area contributed by atoms with Crippen molar-refractivity contribution in [2.24, 2.45) is 18.9 Å². The van der Waals surface area contributed by atoms with Crippen molar-refractivity contribution in [3.63, 3.8) is 0 Å². The third-order valence-corrected chi connectivity index (χ3v) is 4.34. The van der Waals surface area contributed by atoms with E-state index >= 15 is 0 Å². The maximum absolute atomic E-state index is 4.50. The van der Waals surface area contributed by atoms with Gasteiger partial charge in [0.05, 0.1) is 5.69 Å². The van der Waals surface area contributed by atoms with E-state index in [1.54, 1.807) is 0 Å². The minimum absolute atomic E-state index is 0.496. The van der Waals surface area contributed by atoms with Gasteiger partial charge in [0.25, 0.3) is 0 Å². The minimum atomic E-state index is 0.496. The lowest BCUT2D eigenvalue weighted by Crippen LogP contribution is -2.31. The van der Waals surface area contributed by atoms with E-state index in [4.69, 9.17) is 0 Å². The largest absolute Gasteiger partial charge is 0.310 e. The Morgan fingerprint density at radius 2 is 2.06 bits per heavy atom. The predicted octanol–water partition coefficient (Wildman–Crippen LogP) is 3.21. The Balaban J connectivity index is 2.15. The molecule has 1 fully saturated rings. The SMILES string of the molecule is CCNC(c1cn(C)nc1C)C1CCC(C)CC1. The molecule has 0 amide bonds. The van der Waals surface area contributed by atoms with Crippen LogP contribution in [0.15, 0.2) is 6.20 Å². The summed E-state index contributed by atoms with van der Waals surface area (Å²) < 4.78 is 1.94. The summed E-state index contributed by atoms with van der Waals surface area (Å²) in [7, 11) is 2.02. The molecule has 0 bridgehead atoms. The Labute approximate surface area is 111 Å². The van der Waals surface area contributed by atoms with Gasteiger partial charge in [-0.25, -0.2) is 0 Å². The molecule has 0 saturated heterocycles. The summed E-state index contributed by atoms with van der Waals surface area (Å²) >= 11 is 0. The van der Waals surface area contributed by atoms with Crippen molar-refractivity contribution >= 4 is 0 Å². The molecule has 0 aromatic carbocycles. The molecule has 1 N–H and O–H groups in total. The second-order valence-electron chi connectivity index (χ2n) is 5.90. The fourth-order valence-electron chi connectivity index (χ4n) is 3.29. The fourth-order valence-corrected chi connectivity index (χ4v) is 3.29. The Kier molecular flexibility index (Phi) is 4.44. The standard InChI is InChI=1S/C15H27N3/c1-5-16-15(13-8-6-11(2)7-9-13)14-10-18(4)17-12(14)3/h10-11,13,15-16H,5-9H2,1-4H3. The average molecular weight is 249 g/mol. The van der Waals surface area contributed by atoms with E-state index in [9.17, 15) is 0 Å². The highest BCUT2D eigenvalue weighted by Gasteiger charge is 2.28. The number of nitrogens with zero attached hydrogens (tertiary/aromatic N) is 2. The lowest BCUT2D eigenvalue weighted by atomic mass is 9.77. The molecule has 1 aromatic rings. The predicted molar refractivity (Wildman–Crippen MR) is 75.5 cm³/mol. The van der Waals surface area contributed by atoms with Crippen LogP contribution in [0.3, 0.4) is 0 Å². The van der Waals surface area contributed by atoms with Crippen LogP contribution in [-0.4, -0.2) is 16.3 Å². The van der Waals surface area contributed by atoms with E-state index in [0.717, 1.165) is 18.4 Å². The molecular weight excluding hydrogens is 222 g/mol. The average Bonchev–Trinajstić information content (AvgIpc) is 2.67. The van der Waals surface area contributed by atoms with Crippen LogP contribution in [0, 0.1) is 18.8 Å². The molecule has 1 atom stereocenters. The van der Waals surface area contributed by atoms with Gasteiger partial charge in [-0.15, -0.1) is 0 Å². The van der Waals surface area contributed by atoms with Crippen LogP contribution >= 0.6 is 0 Å². The summed E-state index contributed by atoms with van der Waals surface area (Å²) in [5.41, 5.74) is 2.58. The maximum Gasteiger partial charge on any atom is 0.0641 e. The van der Waals surface area contributed by atoms with Gasteiger partial charge in [-0.1, -0.05) is 26.7 Å². The van der Waals surface area contributed by atoms with Crippen LogP contribution < -0.4 is 5.32 Å². The maximum atomic E-state index is 4.50. The van der Waals surface area contributed by atoms with Crippen molar-refractivity contribution in [1.29, 1.82) is 0 Å². The second kappa shape index (κ2) is 5.87. The fraction of sp³-hybridized carbons (Fsp3) is 0.800. The molecule has 3 nitrogen and oxygen atoms in total. The first-order chi connectivity index (χ1) is 8.61. The summed E-state index contributed by atoms with van der Waals surface area (Å²) in [6.45, 7) is 7.74. The van der Waals surface area contributed by atoms with Crippen LogP contribution in [0.2, 0.25) is 0 Å². The van der Waals surface area contributed by atoms with E-state index in [-0.39, 0.29) is 0 Å². The molecule has 1 saturated carbocycles. The molecule has 1 unspecified atom stereocenters. The van der Waals surface area contributed by atoms with Gasteiger partial charge in [-0.2, -0.15) is 5.10 Å². The number of aryl methyl sites for hydroxylation is 2. The zero-order chi connectivity index (χ0) is 13.1. The van der Waals surface area contributed by atoms with Gasteiger partial charge in [-0.05, 0) is 38.1 Å². The van der Waals surface area contributed by atoms with Crippen LogP contribution in [0.1, 0.15) is 56.8 Å². The van der Waals surface area contributed by atoms with Crippen molar-refractivity contribution in [1.82, 2.24) is 15.1 Å². The van der Waals surface area contributed by atoms with Crippen molar-refractivity contribution in [2.45, 2.75) is 52.5 Å². The van der Waals surface area contributed by atoms with E-state index in [1.165, 1.54) is 36.9 Å². The molecular formula is C15H27N3. The van der Waals surface area contributed by atoms with Crippen LogP contribution in [-0.2, 0) is 7.05 Å².